The highest BCUT2D eigenvalue weighted by Gasteiger charge is 2.31. The summed E-state index contributed by atoms with van der Waals surface area (Å²) in [6, 6.07) is 6.16. The summed E-state index contributed by atoms with van der Waals surface area (Å²) in [5, 5.41) is 0. The van der Waals surface area contributed by atoms with E-state index in [1.54, 1.807) is 30.3 Å². The minimum Gasteiger partial charge on any atom is -0.465 e. The van der Waals surface area contributed by atoms with Crippen molar-refractivity contribution in [2.45, 2.75) is 18.9 Å². The van der Waals surface area contributed by atoms with Gasteiger partial charge in [-0.2, -0.15) is 0 Å². The number of rotatable bonds is 4. The van der Waals surface area contributed by atoms with E-state index in [4.69, 9.17) is 5.73 Å². The first kappa shape index (κ1) is 15.8. The van der Waals surface area contributed by atoms with Gasteiger partial charge >= 0.3 is 5.97 Å². The molecule has 0 saturated carbocycles. The normalized spacial score (nSPS) is 17.7. The molecule has 1 heterocycles. The molecule has 2 rings (SSSR count). The molecule has 1 aliphatic heterocycles. The van der Waals surface area contributed by atoms with E-state index in [-0.39, 0.29) is 5.91 Å². The minimum absolute atomic E-state index is 0.238. The lowest BCUT2D eigenvalue weighted by molar-refractivity contribution is -0.133. The van der Waals surface area contributed by atoms with Gasteiger partial charge in [-0.15, -0.1) is 0 Å². The molecule has 0 spiro atoms. The van der Waals surface area contributed by atoms with Crippen LogP contribution in [0.5, 0.6) is 0 Å². The van der Waals surface area contributed by atoms with Gasteiger partial charge in [0, 0.05) is 12.6 Å². The number of primary amides is 1. The van der Waals surface area contributed by atoms with Crippen molar-refractivity contribution in [3.63, 3.8) is 0 Å². The third-order valence-corrected chi connectivity index (χ3v) is 3.61. The zero-order chi connectivity index (χ0) is 16.1. The van der Waals surface area contributed by atoms with Crippen LogP contribution in [0, 0.1) is 0 Å². The molecule has 1 unspecified atom stereocenters. The van der Waals surface area contributed by atoms with Crippen molar-refractivity contribution in [3.8, 4) is 0 Å². The van der Waals surface area contributed by atoms with Gasteiger partial charge in [0.2, 0.25) is 11.8 Å². The topological polar surface area (TPSA) is 89.7 Å². The van der Waals surface area contributed by atoms with Crippen LogP contribution in [-0.2, 0) is 14.3 Å². The highest BCUT2D eigenvalue weighted by atomic mass is 16.5. The van der Waals surface area contributed by atoms with Crippen LogP contribution in [0.3, 0.4) is 0 Å². The number of nitrogens with zero attached hydrogens (tertiary/aromatic N) is 1. The average Bonchev–Trinajstić information content (AvgIpc) is 3.02. The number of nitrogens with two attached hydrogens (primary N) is 1. The molecule has 0 aliphatic carbocycles. The van der Waals surface area contributed by atoms with Crippen molar-refractivity contribution in [3.05, 3.63) is 41.5 Å². The molecular formula is C16H18N2O4. The van der Waals surface area contributed by atoms with E-state index in [0.29, 0.717) is 18.5 Å². The molecule has 6 nitrogen and oxygen atoms in total. The summed E-state index contributed by atoms with van der Waals surface area (Å²) in [5.41, 5.74) is 6.51. The van der Waals surface area contributed by atoms with Crippen molar-refractivity contribution in [2.24, 2.45) is 5.73 Å². The number of hydrogen-bond acceptors (Lipinski definition) is 4. The second kappa shape index (κ2) is 6.89. The van der Waals surface area contributed by atoms with Crippen LogP contribution in [0.2, 0.25) is 0 Å². The van der Waals surface area contributed by atoms with Gasteiger partial charge in [-0.05, 0) is 36.6 Å². The van der Waals surface area contributed by atoms with Crippen LogP contribution in [0.1, 0.15) is 28.8 Å². The smallest absolute Gasteiger partial charge is 0.337 e. The first-order valence-corrected chi connectivity index (χ1v) is 6.99. The lowest BCUT2D eigenvalue weighted by Gasteiger charge is -2.20. The molecule has 2 amide bonds. The van der Waals surface area contributed by atoms with Gasteiger partial charge in [0.15, 0.2) is 0 Å². The van der Waals surface area contributed by atoms with Gasteiger partial charge in [0.1, 0.15) is 6.04 Å². The predicted octanol–water partition coefficient (Wildman–Crippen LogP) is 0.963. The average molecular weight is 302 g/mol. The third-order valence-electron chi connectivity index (χ3n) is 3.61. The Bertz CT molecular complexity index is 607. The number of hydrogen-bond donors (Lipinski definition) is 1. The van der Waals surface area contributed by atoms with E-state index in [9.17, 15) is 14.4 Å². The van der Waals surface area contributed by atoms with Gasteiger partial charge in [0.05, 0.1) is 12.7 Å². The molecular weight excluding hydrogens is 284 g/mol. The van der Waals surface area contributed by atoms with Crippen molar-refractivity contribution in [2.75, 3.05) is 13.7 Å². The Hall–Kier alpha value is -2.63. The van der Waals surface area contributed by atoms with Crippen LogP contribution >= 0.6 is 0 Å². The summed E-state index contributed by atoms with van der Waals surface area (Å²) >= 11 is 0. The zero-order valence-electron chi connectivity index (χ0n) is 12.3. The molecule has 22 heavy (non-hydrogen) atoms. The monoisotopic (exact) mass is 302 g/mol. The number of benzene rings is 1. The van der Waals surface area contributed by atoms with Gasteiger partial charge in [-0.1, -0.05) is 12.1 Å². The summed E-state index contributed by atoms with van der Waals surface area (Å²) in [4.78, 5) is 36.2. The fourth-order valence-corrected chi connectivity index (χ4v) is 2.44. The molecule has 1 aromatic rings. The maximum absolute atomic E-state index is 12.1. The van der Waals surface area contributed by atoms with E-state index < -0.39 is 17.9 Å². The van der Waals surface area contributed by atoms with Crippen molar-refractivity contribution in [1.82, 2.24) is 4.90 Å². The molecule has 1 aromatic carbocycles. The summed E-state index contributed by atoms with van der Waals surface area (Å²) in [6.45, 7) is 0.540. The molecule has 0 aromatic heterocycles. The van der Waals surface area contributed by atoms with Crippen molar-refractivity contribution >= 4 is 23.9 Å². The quantitative estimate of drug-likeness (QED) is 0.662. The Kier molecular flexibility index (Phi) is 4.93. The van der Waals surface area contributed by atoms with E-state index in [0.717, 1.165) is 12.0 Å². The first-order valence-electron chi connectivity index (χ1n) is 6.99. The number of methoxy groups -OCH3 is 1. The number of carbonyl (C=O) groups excluding carboxylic acids is 3. The van der Waals surface area contributed by atoms with Gasteiger partial charge in [0.25, 0.3) is 0 Å². The molecule has 1 aliphatic rings. The molecule has 116 valence electrons. The number of likely N-dealkylation sites (tertiary alicyclic amines) is 1. The summed E-state index contributed by atoms with van der Waals surface area (Å²) in [5.74, 6) is -1.12. The largest absolute Gasteiger partial charge is 0.465 e. The molecule has 0 radical (unpaired) electrons. The Balaban J connectivity index is 2.03. The molecule has 1 fully saturated rings. The minimum atomic E-state index is -0.515. The van der Waals surface area contributed by atoms with Gasteiger partial charge in [-0.3, -0.25) is 9.59 Å². The second-order valence-corrected chi connectivity index (χ2v) is 5.04. The third kappa shape index (κ3) is 3.52. The van der Waals surface area contributed by atoms with E-state index in [1.807, 2.05) is 0 Å². The number of amides is 2. The Labute approximate surface area is 128 Å². The SMILES string of the molecule is COC(=O)c1ccc(/C=C/C(=O)N2CCCC2C(N)=O)cc1. The Morgan fingerprint density at radius 1 is 1.27 bits per heavy atom. The summed E-state index contributed by atoms with van der Waals surface area (Å²) in [7, 11) is 1.32. The maximum atomic E-state index is 12.1. The summed E-state index contributed by atoms with van der Waals surface area (Å²) in [6.07, 6.45) is 4.44. The maximum Gasteiger partial charge on any atom is 0.337 e. The fourth-order valence-electron chi connectivity index (χ4n) is 2.44. The fraction of sp³-hybridized carbons (Fsp3) is 0.312. The number of ether oxygens (including phenoxy) is 1. The zero-order valence-corrected chi connectivity index (χ0v) is 12.3. The lowest BCUT2D eigenvalue weighted by Crippen LogP contribution is -2.42. The molecule has 1 saturated heterocycles. The highest BCUT2D eigenvalue weighted by molar-refractivity contribution is 5.96. The van der Waals surface area contributed by atoms with E-state index in [2.05, 4.69) is 4.74 Å². The second-order valence-electron chi connectivity index (χ2n) is 5.04. The molecule has 2 N–H and O–H groups in total. The van der Waals surface area contributed by atoms with Gasteiger partial charge < -0.3 is 15.4 Å². The Morgan fingerprint density at radius 3 is 2.55 bits per heavy atom. The Morgan fingerprint density at radius 2 is 1.95 bits per heavy atom. The van der Waals surface area contributed by atoms with Crippen LogP contribution in [0.4, 0.5) is 0 Å². The van der Waals surface area contributed by atoms with E-state index in [1.165, 1.54) is 18.1 Å². The lowest BCUT2D eigenvalue weighted by atomic mass is 10.1. The molecule has 0 bridgehead atoms. The summed E-state index contributed by atoms with van der Waals surface area (Å²) < 4.78 is 4.61. The van der Waals surface area contributed by atoms with Crippen LogP contribution < -0.4 is 5.73 Å². The number of esters is 1. The van der Waals surface area contributed by atoms with Crippen LogP contribution in [-0.4, -0.2) is 42.4 Å². The van der Waals surface area contributed by atoms with Crippen LogP contribution in [0.15, 0.2) is 30.3 Å². The van der Waals surface area contributed by atoms with E-state index >= 15 is 0 Å². The standard InChI is InChI=1S/C16H18N2O4/c1-22-16(21)12-7-4-11(5-8-12)6-9-14(19)18-10-2-3-13(18)15(17)20/h4-9,13H,2-3,10H2,1H3,(H2,17,20)/b9-6+. The molecule has 6 heteroatoms. The first-order chi connectivity index (χ1) is 10.5. The van der Waals surface area contributed by atoms with Crippen molar-refractivity contribution < 1.29 is 19.1 Å². The number of carbonyl (C=O) groups is 3. The van der Waals surface area contributed by atoms with Crippen LogP contribution in [0.25, 0.3) is 6.08 Å². The van der Waals surface area contributed by atoms with Gasteiger partial charge in [-0.25, -0.2) is 4.79 Å². The highest BCUT2D eigenvalue weighted by Crippen LogP contribution is 2.17. The van der Waals surface area contributed by atoms with Crippen molar-refractivity contribution in [1.29, 1.82) is 0 Å². The molecule has 1 atom stereocenters. The predicted molar refractivity (Wildman–Crippen MR) is 80.7 cm³/mol.